The Morgan fingerprint density at radius 2 is 2.00 bits per heavy atom. The lowest BCUT2D eigenvalue weighted by Crippen LogP contribution is -2.43. The lowest BCUT2D eigenvalue weighted by Gasteiger charge is -2.31. The summed E-state index contributed by atoms with van der Waals surface area (Å²) in [4.78, 5) is 1.34. The smallest absolute Gasteiger partial charge is 0.0787 e. The first kappa shape index (κ1) is 13.4. The Hall–Kier alpha value is -0.550. The van der Waals surface area contributed by atoms with E-state index in [0.717, 1.165) is 30.9 Å². The van der Waals surface area contributed by atoms with E-state index in [9.17, 15) is 5.11 Å². The maximum atomic E-state index is 10.4. The summed E-state index contributed by atoms with van der Waals surface area (Å²) in [5.74, 6) is 2.17. The van der Waals surface area contributed by atoms with Gasteiger partial charge in [0.05, 0.1) is 5.60 Å². The highest BCUT2D eigenvalue weighted by Crippen LogP contribution is 2.27. The van der Waals surface area contributed by atoms with Gasteiger partial charge in [-0.05, 0) is 41.9 Å². The lowest BCUT2D eigenvalue weighted by molar-refractivity contribution is 0.0321. The van der Waals surface area contributed by atoms with E-state index in [1.54, 1.807) is 0 Å². The van der Waals surface area contributed by atoms with Crippen molar-refractivity contribution >= 4 is 33.2 Å². The first-order valence-electron chi connectivity index (χ1n) is 6.74. The van der Waals surface area contributed by atoms with Gasteiger partial charge in [-0.2, -0.15) is 11.8 Å². The number of nitrogens with one attached hydrogen (secondary N) is 1. The third-order valence-corrected chi connectivity index (χ3v) is 5.76. The Balaban J connectivity index is 1.57. The number of thioether (sulfide) groups is 1. The molecule has 1 saturated heterocycles. The molecule has 2 nitrogen and oxygen atoms in total. The first-order chi connectivity index (χ1) is 9.25. The molecule has 102 valence electrons. The monoisotopic (exact) mass is 293 g/mol. The predicted molar refractivity (Wildman–Crippen MR) is 85.0 cm³/mol. The molecule has 2 N–H and O–H groups in total. The molecular formula is C15H19NOS2. The van der Waals surface area contributed by atoms with Crippen molar-refractivity contribution in [3.63, 3.8) is 0 Å². The first-order valence-corrected chi connectivity index (χ1v) is 8.71. The fourth-order valence-corrected chi connectivity index (χ4v) is 4.76. The van der Waals surface area contributed by atoms with E-state index >= 15 is 0 Å². The molecule has 0 aliphatic carbocycles. The van der Waals surface area contributed by atoms with E-state index in [-0.39, 0.29) is 0 Å². The molecule has 0 atom stereocenters. The van der Waals surface area contributed by atoms with Crippen LogP contribution < -0.4 is 5.32 Å². The van der Waals surface area contributed by atoms with Gasteiger partial charge < -0.3 is 10.4 Å². The Morgan fingerprint density at radius 3 is 2.79 bits per heavy atom. The van der Waals surface area contributed by atoms with Crippen LogP contribution in [-0.4, -0.2) is 28.8 Å². The van der Waals surface area contributed by atoms with Crippen LogP contribution in [0.4, 0.5) is 0 Å². The highest BCUT2D eigenvalue weighted by Gasteiger charge is 2.28. The van der Waals surface area contributed by atoms with Gasteiger partial charge >= 0.3 is 0 Å². The van der Waals surface area contributed by atoms with Crippen LogP contribution in [-0.2, 0) is 6.54 Å². The minimum Gasteiger partial charge on any atom is -0.389 e. The predicted octanol–water partition coefficient (Wildman–Crippen LogP) is 3.25. The second-order valence-corrected chi connectivity index (χ2v) is 7.58. The van der Waals surface area contributed by atoms with Gasteiger partial charge in [0.15, 0.2) is 0 Å². The van der Waals surface area contributed by atoms with Crippen LogP contribution in [0.2, 0.25) is 0 Å². The van der Waals surface area contributed by atoms with E-state index in [2.05, 4.69) is 35.6 Å². The molecule has 0 radical (unpaired) electrons. The van der Waals surface area contributed by atoms with Crippen molar-refractivity contribution in [1.29, 1.82) is 0 Å². The van der Waals surface area contributed by atoms with Crippen LogP contribution >= 0.6 is 23.1 Å². The number of rotatable bonds is 4. The summed E-state index contributed by atoms with van der Waals surface area (Å²) >= 11 is 3.78. The number of aliphatic hydroxyl groups is 1. The average molecular weight is 293 g/mol. The van der Waals surface area contributed by atoms with Gasteiger partial charge in [-0.1, -0.05) is 18.2 Å². The van der Waals surface area contributed by atoms with Crippen LogP contribution in [0.1, 0.15) is 17.7 Å². The van der Waals surface area contributed by atoms with E-state index in [1.165, 1.54) is 15.0 Å². The van der Waals surface area contributed by atoms with Crippen molar-refractivity contribution in [3.8, 4) is 0 Å². The quantitative estimate of drug-likeness (QED) is 0.907. The van der Waals surface area contributed by atoms with Crippen LogP contribution in [0.25, 0.3) is 10.1 Å². The van der Waals surface area contributed by atoms with E-state index in [0.29, 0.717) is 6.54 Å². The van der Waals surface area contributed by atoms with Gasteiger partial charge in [-0.25, -0.2) is 0 Å². The molecule has 19 heavy (non-hydrogen) atoms. The summed E-state index contributed by atoms with van der Waals surface area (Å²) < 4.78 is 1.34. The van der Waals surface area contributed by atoms with E-state index in [4.69, 9.17) is 0 Å². The Labute approximate surface area is 122 Å². The molecule has 1 aliphatic heterocycles. The molecule has 1 aromatic carbocycles. The number of hydrogen-bond donors (Lipinski definition) is 2. The van der Waals surface area contributed by atoms with Crippen molar-refractivity contribution in [1.82, 2.24) is 5.32 Å². The minimum absolute atomic E-state index is 0.484. The molecule has 0 spiro atoms. The van der Waals surface area contributed by atoms with Crippen LogP contribution in [0, 0.1) is 0 Å². The van der Waals surface area contributed by atoms with Crippen molar-refractivity contribution in [3.05, 3.63) is 35.2 Å². The van der Waals surface area contributed by atoms with Crippen molar-refractivity contribution in [2.24, 2.45) is 0 Å². The van der Waals surface area contributed by atoms with Crippen LogP contribution in [0.3, 0.4) is 0 Å². The van der Waals surface area contributed by atoms with Gasteiger partial charge in [0.25, 0.3) is 0 Å². The third kappa shape index (κ3) is 3.31. The molecule has 0 bridgehead atoms. The van der Waals surface area contributed by atoms with Crippen molar-refractivity contribution in [2.45, 2.75) is 25.0 Å². The standard InChI is InChI=1S/C15H19NOS2/c17-15(5-7-18-8-6-15)11-16-10-13-9-12-3-1-2-4-14(12)19-13/h1-4,9,16-17H,5-8,10-11H2. The lowest BCUT2D eigenvalue weighted by atomic mass is 9.97. The molecule has 1 aromatic heterocycles. The molecule has 0 saturated carbocycles. The molecule has 3 rings (SSSR count). The van der Waals surface area contributed by atoms with Crippen molar-refractivity contribution < 1.29 is 5.11 Å². The molecule has 2 aromatic rings. The third-order valence-electron chi connectivity index (χ3n) is 3.65. The van der Waals surface area contributed by atoms with Gasteiger partial charge in [-0.3, -0.25) is 0 Å². The molecule has 4 heteroatoms. The highest BCUT2D eigenvalue weighted by atomic mass is 32.2. The number of fused-ring (bicyclic) bond motifs is 1. The molecule has 1 aliphatic rings. The maximum absolute atomic E-state index is 10.4. The van der Waals surface area contributed by atoms with Crippen LogP contribution in [0.15, 0.2) is 30.3 Å². The van der Waals surface area contributed by atoms with Gasteiger partial charge in [0.2, 0.25) is 0 Å². The van der Waals surface area contributed by atoms with Gasteiger partial charge in [-0.15, -0.1) is 11.3 Å². The number of hydrogen-bond acceptors (Lipinski definition) is 4. The second-order valence-electron chi connectivity index (χ2n) is 5.19. The topological polar surface area (TPSA) is 32.3 Å². The SMILES string of the molecule is OC1(CNCc2cc3ccccc3s2)CCSCC1. The van der Waals surface area contributed by atoms with Gasteiger partial charge in [0, 0.05) is 22.7 Å². The summed E-state index contributed by atoms with van der Waals surface area (Å²) in [6, 6.07) is 10.7. The molecule has 0 unspecified atom stereocenters. The fraction of sp³-hybridized carbons (Fsp3) is 0.467. The Kier molecular flexibility index (Phi) is 4.12. The fourth-order valence-electron chi connectivity index (χ4n) is 2.47. The summed E-state index contributed by atoms with van der Waals surface area (Å²) in [5.41, 5.74) is -0.484. The normalized spacial score (nSPS) is 18.8. The van der Waals surface area contributed by atoms with Crippen molar-refractivity contribution in [2.75, 3.05) is 18.1 Å². The number of thiophene rings is 1. The van der Waals surface area contributed by atoms with E-state index < -0.39 is 5.60 Å². The highest BCUT2D eigenvalue weighted by molar-refractivity contribution is 7.99. The summed E-state index contributed by atoms with van der Waals surface area (Å²) in [6.45, 7) is 1.57. The zero-order chi connectivity index (χ0) is 13.1. The summed E-state index contributed by atoms with van der Waals surface area (Å²) in [5, 5.41) is 15.2. The Bertz CT molecular complexity index is 513. The zero-order valence-corrected chi connectivity index (χ0v) is 12.5. The number of benzene rings is 1. The summed E-state index contributed by atoms with van der Waals surface area (Å²) in [6.07, 6.45) is 1.83. The Morgan fingerprint density at radius 1 is 1.21 bits per heavy atom. The second kappa shape index (κ2) is 5.83. The largest absolute Gasteiger partial charge is 0.389 e. The molecule has 0 amide bonds. The molecule has 2 heterocycles. The average Bonchev–Trinajstić information content (AvgIpc) is 2.82. The molecular weight excluding hydrogens is 274 g/mol. The van der Waals surface area contributed by atoms with E-state index in [1.807, 2.05) is 23.1 Å². The minimum atomic E-state index is -0.484. The van der Waals surface area contributed by atoms with Crippen LogP contribution in [0.5, 0.6) is 0 Å². The summed E-state index contributed by atoms with van der Waals surface area (Å²) in [7, 11) is 0. The van der Waals surface area contributed by atoms with Gasteiger partial charge in [0.1, 0.15) is 0 Å². The zero-order valence-electron chi connectivity index (χ0n) is 10.9. The molecule has 1 fully saturated rings. The maximum Gasteiger partial charge on any atom is 0.0787 e.